The van der Waals surface area contributed by atoms with Crippen LogP contribution < -0.4 is 10.5 Å². The third-order valence-electron chi connectivity index (χ3n) is 1.29. The van der Waals surface area contributed by atoms with Crippen molar-refractivity contribution in [3.8, 4) is 18.1 Å². The molecule has 0 unspecified atom stereocenters. The van der Waals surface area contributed by atoms with Gasteiger partial charge in [0.15, 0.2) is 0 Å². The van der Waals surface area contributed by atoms with Crippen molar-refractivity contribution in [2.24, 2.45) is 0 Å². The topological polar surface area (TPSA) is 35.2 Å². The zero-order chi connectivity index (χ0) is 8.97. The molecule has 0 heterocycles. The Morgan fingerprint density at radius 1 is 1.58 bits per heavy atom. The summed E-state index contributed by atoms with van der Waals surface area (Å²) in [5, 5.41) is 0.580. The van der Waals surface area contributed by atoms with E-state index in [0.717, 1.165) is 0 Å². The Bertz CT molecular complexity index is 317. The molecule has 0 atom stereocenters. The van der Waals surface area contributed by atoms with Crippen molar-refractivity contribution in [2.75, 3.05) is 12.3 Å². The molecule has 0 aliphatic carbocycles. The fraction of sp³-hybridized carbons (Fsp3) is 0.111. The second kappa shape index (κ2) is 3.89. The molecule has 0 fully saturated rings. The van der Waals surface area contributed by atoms with Gasteiger partial charge in [0.2, 0.25) is 0 Å². The largest absolute Gasteiger partial charge is 0.479 e. The maximum absolute atomic E-state index is 5.71. The van der Waals surface area contributed by atoms with Crippen molar-refractivity contribution < 1.29 is 4.74 Å². The van der Waals surface area contributed by atoms with Gasteiger partial charge in [-0.05, 0) is 12.1 Å². The van der Waals surface area contributed by atoms with E-state index in [2.05, 4.69) is 5.92 Å². The van der Waals surface area contributed by atoms with Gasteiger partial charge in [0, 0.05) is 11.1 Å². The smallest absolute Gasteiger partial charge is 0.148 e. The number of halogens is 1. The Morgan fingerprint density at radius 3 is 3.00 bits per heavy atom. The molecule has 12 heavy (non-hydrogen) atoms. The number of terminal acetylenes is 1. The molecule has 3 heteroatoms. The Balaban J connectivity index is 2.84. The van der Waals surface area contributed by atoms with Crippen LogP contribution in [0.1, 0.15) is 0 Å². The fourth-order valence-electron chi connectivity index (χ4n) is 0.753. The molecule has 1 rings (SSSR count). The van der Waals surface area contributed by atoms with Gasteiger partial charge in [0.05, 0.1) is 5.69 Å². The molecule has 0 saturated heterocycles. The maximum Gasteiger partial charge on any atom is 0.148 e. The van der Waals surface area contributed by atoms with Crippen LogP contribution in [0.2, 0.25) is 5.02 Å². The molecule has 62 valence electrons. The van der Waals surface area contributed by atoms with Crippen LogP contribution in [0.25, 0.3) is 0 Å². The lowest BCUT2D eigenvalue weighted by molar-refractivity contribution is 0.372. The number of hydrogen-bond acceptors (Lipinski definition) is 2. The fourth-order valence-corrected chi connectivity index (χ4v) is 0.915. The highest BCUT2D eigenvalue weighted by atomic mass is 35.5. The lowest BCUT2D eigenvalue weighted by atomic mass is 10.3. The lowest BCUT2D eigenvalue weighted by Gasteiger charge is -2.05. The van der Waals surface area contributed by atoms with Crippen molar-refractivity contribution in [1.82, 2.24) is 0 Å². The first-order valence-electron chi connectivity index (χ1n) is 3.35. The lowest BCUT2D eigenvalue weighted by Crippen LogP contribution is -1.97. The minimum Gasteiger partial charge on any atom is -0.479 e. The second-order valence-corrected chi connectivity index (χ2v) is 2.61. The van der Waals surface area contributed by atoms with E-state index < -0.39 is 0 Å². The van der Waals surface area contributed by atoms with E-state index in [9.17, 15) is 0 Å². The van der Waals surface area contributed by atoms with Gasteiger partial charge in [-0.15, -0.1) is 6.42 Å². The highest BCUT2D eigenvalue weighted by Gasteiger charge is 1.99. The number of nitrogen functional groups attached to an aromatic ring is 1. The Morgan fingerprint density at radius 2 is 2.33 bits per heavy atom. The average molecular weight is 182 g/mol. The average Bonchev–Trinajstić information content (AvgIpc) is 2.07. The molecule has 2 nitrogen and oxygen atoms in total. The van der Waals surface area contributed by atoms with Gasteiger partial charge in [-0.1, -0.05) is 17.5 Å². The van der Waals surface area contributed by atoms with Crippen LogP contribution in [0.15, 0.2) is 18.2 Å². The van der Waals surface area contributed by atoms with E-state index in [1.807, 2.05) is 0 Å². The monoisotopic (exact) mass is 181 g/mol. The molecule has 0 aliphatic rings. The van der Waals surface area contributed by atoms with Crippen molar-refractivity contribution in [2.45, 2.75) is 0 Å². The number of anilines is 1. The normalized spacial score (nSPS) is 9.00. The summed E-state index contributed by atoms with van der Waals surface area (Å²) in [6, 6.07) is 5.00. The number of benzene rings is 1. The van der Waals surface area contributed by atoms with E-state index in [1.54, 1.807) is 18.2 Å². The predicted molar refractivity (Wildman–Crippen MR) is 50.2 cm³/mol. The highest BCUT2D eigenvalue weighted by molar-refractivity contribution is 6.30. The van der Waals surface area contributed by atoms with Gasteiger partial charge in [0.25, 0.3) is 0 Å². The van der Waals surface area contributed by atoms with Crippen LogP contribution in [0.5, 0.6) is 5.75 Å². The van der Waals surface area contributed by atoms with E-state index in [0.29, 0.717) is 16.5 Å². The molecule has 2 N–H and O–H groups in total. The van der Waals surface area contributed by atoms with Crippen LogP contribution in [0.3, 0.4) is 0 Å². The van der Waals surface area contributed by atoms with Crippen molar-refractivity contribution >= 4 is 17.3 Å². The van der Waals surface area contributed by atoms with E-state index in [-0.39, 0.29) is 6.61 Å². The third kappa shape index (κ3) is 2.08. The molecule has 1 aromatic carbocycles. The standard InChI is InChI=1S/C9H8ClNO/c1-2-5-12-9-6-7(10)3-4-8(9)11/h1,3-4,6H,5,11H2. The summed E-state index contributed by atoms with van der Waals surface area (Å²) in [5.41, 5.74) is 6.11. The molecular weight excluding hydrogens is 174 g/mol. The SMILES string of the molecule is C#CCOc1cc(Cl)ccc1N. The molecule has 0 bridgehead atoms. The third-order valence-corrected chi connectivity index (χ3v) is 1.52. The molecule has 0 aliphatic heterocycles. The van der Waals surface area contributed by atoms with Crippen molar-refractivity contribution in [1.29, 1.82) is 0 Å². The summed E-state index contributed by atoms with van der Waals surface area (Å²) < 4.78 is 5.12. The van der Waals surface area contributed by atoms with Gasteiger partial charge in [-0.2, -0.15) is 0 Å². The van der Waals surface area contributed by atoms with Crippen LogP contribution in [0, 0.1) is 12.3 Å². The molecular formula is C9H8ClNO. The van der Waals surface area contributed by atoms with Gasteiger partial charge in [-0.3, -0.25) is 0 Å². The zero-order valence-electron chi connectivity index (χ0n) is 6.38. The molecule has 0 amide bonds. The first-order chi connectivity index (χ1) is 5.74. The van der Waals surface area contributed by atoms with Gasteiger partial charge < -0.3 is 10.5 Å². The zero-order valence-corrected chi connectivity index (χ0v) is 7.14. The summed E-state index contributed by atoms with van der Waals surface area (Å²) in [5.74, 6) is 2.87. The maximum atomic E-state index is 5.71. The van der Waals surface area contributed by atoms with Gasteiger partial charge in [0.1, 0.15) is 12.4 Å². The summed E-state index contributed by atoms with van der Waals surface area (Å²) in [6.07, 6.45) is 5.02. The minimum atomic E-state index is 0.199. The molecule has 0 saturated carbocycles. The molecule has 0 radical (unpaired) electrons. The van der Waals surface area contributed by atoms with Gasteiger partial charge in [-0.25, -0.2) is 0 Å². The first-order valence-corrected chi connectivity index (χ1v) is 3.73. The van der Waals surface area contributed by atoms with E-state index in [1.165, 1.54) is 0 Å². The molecule has 0 spiro atoms. The number of ether oxygens (including phenoxy) is 1. The summed E-state index contributed by atoms with van der Waals surface area (Å²) >= 11 is 5.71. The first kappa shape index (κ1) is 8.76. The summed E-state index contributed by atoms with van der Waals surface area (Å²) in [7, 11) is 0. The quantitative estimate of drug-likeness (QED) is 0.559. The summed E-state index contributed by atoms with van der Waals surface area (Å²) in [6.45, 7) is 0.199. The molecule has 0 aromatic heterocycles. The van der Waals surface area contributed by atoms with Crippen LogP contribution in [-0.4, -0.2) is 6.61 Å². The summed E-state index contributed by atoms with van der Waals surface area (Å²) in [4.78, 5) is 0. The Hall–Kier alpha value is -1.33. The number of nitrogens with two attached hydrogens (primary N) is 1. The molecule has 1 aromatic rings. The minimum absolute atomic E-state index is 0.199. The Kier molecular flexibility index (Phi) is 2.84. The predicted octanol–water partition coefficient (Wildman–Crippen LogP) is 1.93. The van der Waals surface area contributed by atoms with E-state index in [4.69, 9.17) is 28.5 Å². The van der Waals surface area contributed by atoms with Crippen LogP contribution in [-0.2, 0) is 0 Å². The van der Waals surface area contributed by atoms with Crippen molar-refractivity contribution in [3.05, 3.63) is 23.2 Å². The van der Waals surface area contributed by atoms with Gasteiger partial charge >= 0.3 is 0 Å². The second-order valence-electron chi connectivity index (χ2n) is 2.17. The van der Waals surface area contributed by atoms with Crippen LogP contribution in [0.4, 0.5) is 5.69 Å². The van der Waals surface area contributed by atoms with E-state index >= 15 is 0 Å². The number of hydrogen-bond donors (Lipinski definition) is 1. The van der Waals surface area contributed by atoms with Crippen LogP contribution >= 0.6 is 11.6 Å². The Labute approximate surface area is 76.3 Å². The number of rotatable bonds is 2. The highest BCUT2D eigenvalue weighted by Crippen LogP contribution is 2.24. The van der Waals surface area contributed by atoms with Crippen molar-refractivity contribution in [3.63, 3.8) is 0 Å².